The third-order valence-electron chi connectivity index (χ3n) is 5.21. The first-order valence-corrected chi connectivity index (χ1v) is 9.07. The summed E-state index contributed by atoms with van der Waals surface area (Å²) in [5, 5.41) is 11.5. The number of carbonyl (C=O) groups excluding carboxylic acids is 1. The average molecular weight is 364 g/mol. The summed E-state index contributed by atoms with van der Waals surface area (Å²) < 4.78 is 3.84. The highest BCUT2D eigenvalue weighted by Crippen LogP contribution is 2.33. The van der Waals surface area contributed by atoms with Crippen LogP contribution in [0.15, 0.2) is 36.9 Å². The summed E-state index contributed by atoms with van der Waals surface area (Å²) in [4.78, 5) is 16.7. The molecular formula is C18H20N8O. The molecule has 1 fully saturated rings. The zero-order chi connectivity index (χ0) is 18.4. The van der Waals surface area contributed by atoms with Crippen LogP contribution in [0.5, 0.6) is 0 Å². The lowest BCUT2D eigenvalue weighted by molar-refractivity contribution is -0.121. The minimum atomic E-state index is -0.440. The standard InChI is InChI=1S/C18H20N8O/c1-19-18(27)14-7-13(23-24-14)15-10-26-16(5-6-20-26)17(22-15)11-8-21-25(9-11)12-3-2-4-12/h5-10,12,14,23-24H,2-4H2,1H3,(H,19,27). The highest BCUT2D eigenvalue weighted by molar-refractivity contribution is 5.87. The average Bonchev–Trinajstić information content (AvgIpc) is 3.38. The van der Waals surface area contributed by atoms with Crippen LogP contribution in [0.4, 0.5) is 0 Å². The molecule has 2 aliphatic rings. The Morgan fingerprint density at radius 2 is 2.19 bits per heavy atom. The second-order valence-electron chi connectivity index (χ2n) is 6.87. The number of likely N-dealkylation sites (N-methyl/N-ethyl adjacent to an activating group) is 1. The van der Waals surface area contributed by atoms with Gasteiger partial charge in [0.15, 0.2) is 0 Å². The molecule has 4 heterocycles. The molecule has 1 unspecified atom stereocenters. The molecule has 0 saturated heterocycles. The molecule has 0 spiro atoms. The van der Waals surface area contributed by atoms with Gasteiger partial charge in [0.25, 0.3) is 0 Å². The molecule has 9 nitrogen and oxygen atoms in total. The van der Waals surface area contributed by atoms with Crippen LogP contribution in [0.3, 0.4) is 0 Å². The topological polar surface area (TPSA) is 101 Å². The van der Waals surface area contributed by atoms with E-state index in [2.05, 4.69) is 32.6 Å². The number of hydrazine groups is 1. The van der Waals surface area contributed by atoms with Gasteiger partial charge in [0.05, 0.1) is 41.5 Å². The lowest BCUT2D eigenvalue weighted by atomic mass is 9.93. The van der Waals surface area contributed by atoms with E-state index < -0.39 is 6.04 Å². The summed E-state index contributed by atoms with van der Waals surface area (Å²) >= 11 is 0. The van der Waals surface area contributed by atoms with Gasteiger partial charge in [-0.25, -0.2) is 14.9 Å². The maximum Gasteiger partial charge on any atom is 0.242 e. The summed E-state index contributed by atoms with van der Waals surface area (Å²) in [6, 6.07) is 2.00. The molecule has 1 amide bonds. The van der Waals surface area contributed by atoms with Gasteiger partial charge in [-0.1, -0.05) is 0 Å². The Kier molecular flexibility index (Phi) is 3.68. The fourth-order valence-corrected chi connectivity index (χ4v) is 3.43. The number of hydrogen-bond acceptors (Lipinski definition) is 6. The third kappa shape index (κ3) is 2.67. The minimum Gasteiger partial charge on any atom is -0.357 e. The van der Waals surface area contributed by atoms with Crippen molar-refractivity contribution in [2.24, 2.45) is 0 Å². The molecule has 27 heavy (non-hydrogen) atoms. The van der Waals surface area contributed by atoms with Crippen molar-refractivity contribution in [3.8, 4) is 11.3 Å². The Hall–Kier alpha value is -3.20. The van der Waals surface area contributed by atoms with E-state index in [9.17, 15) is 4.79 Å². The Morgan fingerprint density at radius 1 is 1.30 bits per heavy atom. The van der Waals surface area contributed by atoms with Crippen LogP contribution >= 0.6 is 0 Å². The molecule has 1 saturated carbocycles. The van der Waals surface area contributed by atoms with E-state index in [0.29, 0.717) is 11.7 Å². The quantitative estimate of drug-likeness (QED) is 0.635. The molecule has 1 atom stereocenters. The van der Waals surface area contributed by atoms with Gasteiger partial charge in [-0.05, 0) is 31.4 Å². The van der Waals surface area contributed by atoms with Crippen molar-refractivity contribution in [1.82, 2.24) is 40.5 Å². The fraction of sp³-hybridized carbons (Fsp3) is 0.333. The first kappa shape index (κ1) is 16.0. The number of aromatic nitrogens is 5. The molecule has 1 aliphatic heterocycles. The van der Waals surface area contributed by atoms with Crippen LogP contribution in [0.25, 0.3) is 22.5 Å². The predicted molar refractivity (Wildman–Crippen MR) is 99.2 cm³/mol. The third-order valence-corrected chi connectivity index (χ3v) is 5.21. The zero-order valence-corrected chi connectivity index (χ0v) is 14.9. The Bertz CT molecular complexity index is 1040. The number of fused-ring (bicyclic) bond motifs is 1. The van der Waals surface area contributed by atoms with E-state index in [0.717, 1.165) is 22.5 Å². The summed E-state index contributed by atoms with van der Waals surface area (Å²) in [7, 11) is 1.61. The van der Waals surface area contributed by atoms with Crippen LogP contribution in [0.1, 0.15) is 31.0 Å². The molecular weight excluding hydrogens is 344 g/mol. The van der Waals surface area contributed by atoms with Gasteiger partial charge in [-0.3, -0.25) is 9.48 Å². The highest BCUT2D eigenvalue weighted by atomic mass is 16.2. The van der Waals surface area contributed by atoms with E-state index in [1.807, 2.05) is 29.2 Å². The monoisotopic (exact) mass is 364 g/mol. The summed E-state index contributed by atoms with van der Waals surface area (Å²) in [6.45, 7) is 0. The number of amides is 1. The maximum atomic E-state index is 11.8. The van der Waals surface area contributed by atoms with Gasteiger partial charge in [0, 0.05) is 18.8 Å². The van der Waals surface area contributed by atoms with Gasteiger partial charge in [-0.15, -0.1) is 0 Å². The molecule has 0 bridgehead atoms. The van der Waals surface area contributed by atoms with Crippen molar-refractivity contribution in [1.29, 1.82) is 0 Å². The van der Waals surface area contributed by atoms with Gasteiger partial charge >= 0.3 is 0 Å². The normalized spacial score (nSPS) is 19.6. The SMILES string of the molecule is CNC(=O)C1C=C(c2cn3nccc3c(-c3cnn(C4CCC4)c3)n2)NN1. The van der Waals surface area contributed by atoms with Crippen molar-refractivity contribution in [2.45, 2.75) is 31.3 Å². The van der Waals surface area contributed by atoms with E-state index in [4.69, 9.17) is 4.98 Å². The molecule has 138 valence electrons. The summed E-state index contributed by atoms with van der Waals surface area (Å²) in [5.74, 6) is -0.111. The highest BCUT2D eigenvalue weighted by Gasteiger charge is 2.24. The first-order valence-electron chi connectivity index (χ1n) is 9.07. The van der Waals surface area contributed by atoms with Crippen molar-refractivity contribution >= 4 is 17.1 Å². The fourth-order valence-electron chi connectivity index (χ4n) is 3.43. The Morgan fingerprint density at radius 3 is 2.96 bits per heavy atom. The molecule has 0 radical (unpaired) electrons. The van der Waals surface area contributed by atoms with E-state index in [1.165, 1.54) is 19.3 Å². The van der Waals surface area contributed by atoms with E-state index in [1.54, 1.807) is 17.8 Å². The van der Waals surface area contributed by atoms with Crippen LogP contribution in [0, 0.1) is 0 Å². The number of hydrogen-bond donors (Lipinski definition) is 3. The van der Waals surface area contributed by atoms with E-state index in [-0.39, 0.29) is 5.91 Å². The van der Waals surface area contributed by atoms with Gasteiger partial charge in [0.2, 0.25) is 5.91 Å². The molecule has 3 aromatic rings. The number of nitrogens with zero attached hydrogens (tertiary/aromatic N) is 5. The first-order chi connectivity index (χ1) is 13.2. The van der Waals surface area contributed by atoms with Crippen LogP contribution in [-0.4, -0.2) is 43.4 Å². The zero-order valence-electron chi connectivity index (χ0n) is 14.9. The number of nitrogens with one attached hydrogen (secondary N) is 3. The van der Waals surface area contributed by atoms with Crippen molar-refractivity contribution < 1.29 is 4.79 Å². The minimum absolute atomic E-state index is 0.111. The summed E-state index contributed by atoms with van der Waals surface area (Å²) in [5.41, 5.74) is 10.1. The molecule has 3 N–H and O–H groups in total. The molecule has 0 aromatic carbocycles. The van der Waals surface area contributed by atoms with E-state index >= 15 is 0 Å². The van der Waals surface area contributed by atoms with Crippen molar-refractivity contribution in [3.63, 3.8) is 0 Å². The van der Waals surface area contributed by atoms with Crippen molar-refractivity contribution in [2.75, 3.05) is 7.05 Å². The van der Waals surface area contributed by atoms with Crippen LogP contribution in [0.2, 0.25) is 0 Å². The largest absolute Gasteiger partial charge is 0.357 e. The smallest absolute Gasteiger partial charge is 0.242 e. The number of carbonyl (C=O) groups is 1. The Labute approximate surface area is 155 Å². The molecule has 1 aliphatic carbocycles. The second-order valence-corrected chi connectivity index (χ2v) is 6.87. The molecule has 9 heteroatoms. The molecule has 5 rings (SSSR count). The van der Waals surface area contributed by atoms with Crippen LogP contribution in [-0.2, 0) is 4.79 Å². The lowest BCUT2D eigenvalue weighted by Gasteiger charge is -2.25. The lowest BCUT2D eigenvalue weighted by Crippen LogP contribution is -2.42. The van der Waals surface area contributed by atoms with Gasteiger partial charge < -0.3 is 10.7 Å². The predicted octanol–water partition coefficient (Wildman–Crippen LogP) is 0.881. The Balaban J connectivity index is 1.56. The second kappa shape index (κ2) is 6.20. The van der Waals surface area contributed by atoms with Crippen molar-refractivity contribution in [3.05, 3.63) is 42.6 Å². The number of rotatable bonds is 4. The van der Waals surface area contributed by atoms with Crippen LogP contribution < -0.4 is 16.2 Å². The van der Waals surface area contributed by atoms with Gasteiger partial charge in [-0.2, -0.15) is 10.2 Å². The summed E-state index contributed by atoms with van der Waals surface area (Å²) in [6.07, 6.45) is 13.0. The molecule has 3 aromatic heterocycles. The van der Waals surface area contributed by atoms with Gasteiger partial charge in [0.1, 0.15) is 11.7 Å². The maximum absolute atomic E-state index is 11.8.